The van der Waals surface area contributed by atoms with Crippen LogP contribution in [0.2, 0.25) is 5.02 Å². The zero-order valence-corrected chi connectivity index (χ0v) is 14.2. The van der Waals surface area contributed by atoms with Gasteiger partial charge in [0.05, 0.1) is 6.04 Å². The Morgan fingerprint density at radius 3 is 2.24 bits per heavy atom. The standard InChI is InChI=1S/C18H26ClNO/c1-6-11-20(14(4)5)17(18(21)13(2)3)12-15-7-9-16(19)10-8-15/h6-10,13-14,17H,1,11-12H2,2-5H3/t17-/m0/s1. The molecule has 21 heavy (non-hydrogen) atoms. The topological polar surface area (TPSA) is 20.3 Å². The molecule has 0 aliphatic heterocycles. The number of hydrogen-bond acceptors (Lipinski definition) is 2. The molecule has 1 aromatic carbocycles. The molecule has 0 spiro atoms. The number of rotatable bonds is 8. The largest absolute Gasteiger partial charge is 0.298 e. The summed E-state index contributed by atoms with van der Waals surface area (Å²) in [5.74, 6) is 0.300. The first-order chi connectivity index (χ1) is 9.86. The monoisotopic (exact) mass is 307 g/mol. The molecular weight excluding hydrogens is 282 g/mol. The maximum absolute atomic E-state index is 12.6. The van der Waals surface area contributed by atoms with E-state index in [1.807, 2.05) is 44.2 Å². The van der Waals surface area contributed by atoms with E-state index in [1.165, 1.54) is 0 Å². The van der Waals surface area contributed by atoms with E-state index in [1.54, 1.807) is 0 Å². The van der Waals surface area contributed by atoms with Crippen molar-refractivity contribution in [3.8, 4) is 0 Å². The van der Waals surface area contributed by atoms with E-state index < -0.39 is 0 Å². The third-order valence-electron chi connectivity index (χ3n) is 3.64. The van der Waals surface area contributed by atoms with E-state index in [2.05, 4.69) is 25.3 Å². The summed E-state index contributed by atoms with van der Waals surface area (Å²) < 4.78 is 0. The molecule has 0 saturated heterocycles. The summed E-state index contributed by atoms with van der Waals surface area (Å²) in [5.41, 5.74) is 1.13. The molecule has 0 radical (unpaired) electrons. The molecule has 1 atom stereocenters. The summed E-state index contributed by atoms with van der Waals surface area (Å²) in [4.78, 5) is 14.8. The van der Waals surface area contributed by atoms with Crippen molar-refractivity contribution >= 4 is 17.4 Å². The van der Waals surface area contributed by atoms with Gasteiger partial charge in [0.25, 0.3) is 0 Å². The van der Waals surface area contributed by atoms with Gasteiger partial charge in [0.2, 0.25) is 0 Å². The number of Topliss-reactive ketones (excluding diaryl/α,β-unsaturated/α-hetero) is 1. The van der Waals surface area contributed by atoms with Crippen molar-refractivity contribution < 1.29 is 4.79 Å². The average Bonchev–Trinajstić information content (AvgIpc) is 2.43. The smallest absolute Gasteiger partial charge is 0.152 e. The Morgan fingerprint density at radius 2 is 1.81 bits per heavy atom. The van der Waals surface area contributed by atoms with Crippen molar-refractivity contribution in [2.45, 2.75) is 46.2 Å². The van der Waals surface area contributed by atoms with E-state index in [9.17, 15) is 4.79 Å². The van der Waals surface area contributed by atoms with Gasteiger partial charge in [-0.15, -0.1) is 6.58 Å². The minimum absolute atomic E-state index is 0.0216. The number of carbonyl (C=O) groups excluding carboxylic acids is 1. The van der Waals surface area contributed by atoms with Gasteiger partial charge in [-0.2, -0.15) is 0 Å². The second-order valence-electron chi connectivity index (χ2n) is 5.98. The van der Waals surface area contributed by atoms with E-state index in [0.717, 1.165) is 10.6 Å². The van der Waals surface area contributed by atoms with Gasteiger partial charge < -0.3 is 0 Å². The van der Waals surface area contributed by atoms with Crippen LogP contribution in [0.3, 0.4) is 0 Å². The highest BCUT2D eigenvalue weighted by atomic mass is 35.5. The number of halogens is 1. The predicted octanol–water partition coefficient (Wildman–Crippen LogP) is 4.37. The zero-order chi connectivity index (χ0) is 16.0. The quantitative estimate of drug-likeness (QED) is 0.665. The summed E-state index contributed by atoms with van der Waals surface area (Å²) in [7, 11) is 0. The number of ketones is 1. The van der Waals surface area contributed by atoms with Crippen molar-refractivity contribution in [3.63, 3.8) is 0 Å². The van der Waals surface area contributed by atoms with Crippen LogP contribution in [-0.2, 0) is 11.2 Å². The van der Waals surface area contributed by atoms with Gasteiger partial charge in [-0.05, 0) is 38.0 Å². The fourth-order valence-electron chi connectivity index (χ4n) is 2.46. The lowest BCUT2D eigenvalue weighted by Crippen LogP contribution is -2.48. The van der Waals surface area contributed by atoms with Crippen molar-refractivity contribution in [1.29, 1.82) is 0 Å². The minimum Gasteiger partial charge on any atom is -0.298 e. The van der Waals surface area contributed by atoms with Gasteiger partial charge in [-0.1, -0.05) is 43.7 Å². The van der Waals surface area contributed by atoms with Crippen LogP contribution in [0.25, 0.3) is 0 Å². The van der Waals surface area contributed by atoms with Crippen molar-refractivity contribution in [2.75, 3.05) is 6.54 Å². The molecule has 0 saturated carbocycles. The van der Waals surface area contributed by atoms with Gasteiger partial charge in [-0.25, -0.2) is 0 Å². The third kappa shape index (κ3) is 5.29. The van der Waals surface area contributed by atoms with E-state index in [-0.39, 0.29) is 17.7 Å². The van der Waals surface area contributed by atoms with E-state index in [0.29, 0.717) is 19.0 Å². The Balaban J connectivity index is 3.03. The highest BCUT2D eigenvalue weighted by Gasteiger charge is 2.28. The van der Waals surface area contributed by atoms with Crippen molar-refractivity contribution in [1.82, 2.24) is 4.90 Å². The lowest BCUT2D eigenvalue weighted by molar-refractivity contribution is -0.127. The van der Waals surface area contributed by atoms with Gasteiger partial charge in [0, 0.05) is 23.5 Å². The highest BCUT2D eigenvalue weighted by Crippen LogP contribution is 2.18. The molecule has 3 heteroatoms. The van der Waals surface area contributed by atoms with Crippen LogP contribution in [0.15, 0.2) is 36.9 Å². The van der Waals surface area contributed by atoms with Crippen LogP contribution in [0.5, 0.6) is 0 Å². The second kappa shape index (κ2) is 8.35. The van der Waals surface area contributed by atoms with Crippen LogP contribution in [0.1, 0.15) is 33.3 Å². The van der Waals surface area contributed by atoms with Crippen molar-refractivity contribution in [3.05, 3.63) is 47.5 Å². The number of nitrogens with zero attached hydrogens (tertiary/aromatic N) is 1. The summed E-state index contributed by atoms with van der Waals surface area (Å²) in [6, 6.07) is 7.92. The van der Waals surface area contributed by atoms with Gasteiger partial charge >= 0.3 is 0 Å². The maximum Gasteiger partial charge on any atom is 0.152 e. The molecule has 0 heterocycles. The van der Waals surface area contributed by atoms with Crippen LogP contribution in [-0.4, -0.2) is 29.3 Å². The maximum atomic E-state index is 12.6. The van der Waals surface area contributed by atoms with Crippen LogP contribution >= 0.6 is 11.6 Å². The fraction of sp³-hybridized carbons (Fsp3) is 0.500. The molecule has 116 valence electrons. The van der Waals surface area contributed by atoms with Crippen LogP contribution in [0.4, 0.5) is 0 Å². The summed E-state index contributed by atoms with van der Waals surface area (Å²) in [6.45, 7) is 12.7. The third-order valence-corrected chi connectivity index (χ3v) is 3.90. The molecule has 0 aromatic heterocycles. The first kappa shape index (κ1) is 17.9. The summed E-state index contributed by atoms with van der Waals surface area (Å²) >= 11 is 5.93. The van der Waals surface area contributed by atoms with Crippen LogP contribution < -0.4 is 0 Å². The Kier molecular flexibility index (Phi) is 7.13. The van der Waals surface area contributed by atoms with Crippen LogP contribution in [0, 0.1) is 5.92 Å². The predicted molar refractivity (Wildman–Crippen MR) is 90.8 cm³/mol. The van der Waals surface area contributed by atoms with Gasteiger partial charge in [-0.3, -0.25) is 9.69 Å². The van der Waals surface area contributed by atoms with E-state index >= 15 is 0 Å². The van der Waals surface area contributed by atoms with Crippen molar-refractivity contribution in [2.24, 2.45) is 5.92 Å². The lowest BCUT2D eigenvalue weighted by atomic mass is 9.93. The Morgan fingerprint density at radius 1 is 1.24 bits per heavy atom. The zero-order valence-electron chi connectivity index (χ0n) is 13.5. The molecule has 0 bridgehead atoms. The first-order valence-electron chi connectivity index (χ1n) is 7.51. The summed E-state index contributed by atoms with van der Waals surface area (Å²) in [6.07, 6.45) is 2.57. The second-order valence-corrected chi connectivity index (χ2v) is 6.42. The molecule has 0 unspecified atom stereocenters. The molecule has 0 amide bonds. The SMILES string of the molecule is C=CCN(C(C)C)[C@@H](Cc1ccc(Cl)cc1)C(=O)C(C)C. The highest BCUT2D eigenvalue weighted by molar-refractivity contribution is 6.30. The number of hydrogen-bond donors (Lipinski definition) is 0. The number of carbonyl (C=O) groups is 1. The molecule has 2 nitrogen and oxygen atoms in total. The molecule has 0 aliphatic rings. The minimum atomic E-state index is -0.121. The normalized spacial score (nSPS) is 13.0. The van der Waals surface area contributed by atoms with E-state index in [4.69, 9.17) is 11.6 Å². The molecule has 0 aliphatic carbocycles. The Labute approximate surface area is 133 Å². The Hall–Kier alpha value is -1.12. The number of benzene rings is 1. The fourth-order valence-corrected chi connectivity index (χ4v) is 2.58. The summed E-state index contributed by atoms with van der Waals surface area (Å²) in [5, 5.41) is 0.720. The molecular formula is C18H26ClNO. The van der Waals surface area contributed by atoms with Gasteiger partial charge in [0.15, 0.2) is 5.78 Å². The average molecular weight is 308 g/mol. The van der Waals surface area contributed by atoms with Gasteiger partial charge in [0.1, 0.15) is 0 Å². The molecule has 0 fully saturated rings. The lowest BCUT2D eigenvalue weighted by Gasteiger charge is -2.34. The molecule has 1 rings (SSSR count). The Bertz CT molecular complexity index is 465. The molecule has 1 aromatic rings. The first-order valence-corrected chi connectivity index (χ1v) is 7.89. The molecule has 0 N–H and O–H groups in total.